The van der Waals surface area contributed by atoms with Gasteiger partial charge in [0.15, 0.2) is 0 Å². The highest BCUT2D eigenvalue weighted by Gasteiger charge is 2.49. The molecule has 2 aromatic carbocycles. The second kappa shape index (κ2) is 11.2. The lowest BCUT2D eigenvalue weighted by Gasteiger charge is -2.46. The van der Waals surface area contributed by atoms with Gasteiger partial charge in [0.05, 0.1) is 25.2 Å². The third kappa shape index (κ3) is 5.52. The van der Waals surface area contributed by atoms with Gasteiger partial charge < -0.3 is 19.3 Å². The Kier molecular flexibility index (Phi) is 7.79. The molecule has 2 aliphatic heterocycles. The molecule has 6 nitrogen and oxygen atoms in total. The predicted octanol–water partition coefficient (Wildman–Crippen LogP) is 4.57. The molecule has 1 atom stereocenters. The quantitative estimate of drug-likeness (QED) is 0.550. The van der Waals surface area contributed by atoms with Crippen molar-refractivity contribution in [1.29, 1.82) is 0 Å². The van der Waals surface area contributed by atoms with Crippen LogP contribution in [-0.2, 0) is 19.7 Å². The van der Waals surface area contributed by atoms with E-state index in [0.29, 0.717) is 70.8 Å². The smallest absolute Gasteiger partial charge is 0.233 e. The van der Waals surface area contributed by atoms with Crippen LogP contribution in [0.5, 0.6) is 5.75 Å². The van der Waals surface area contributed by atoms with E-state index in [1.54, 1.807) is 12.1 Å². The van der Waals surface area contributed by atoms with E-state index in [0.717, 1.165) is 31.4 Å². The summed E-state index contributed by atoms with van der Waals surface area (Å²) in [4.78, 5) is 31.4. The number of rotatable bonds is 7. The molecule has 0 N–H and O–H groups in total. The summed E-state index contributed by atoms with van der Waals surface area (Å²) in [5.41, 5.74) is -0.824. The van der Waals surface area contributed by atoms with Gasteiger partial charge >= 0.3 is 0 Å². The molecule has 2 amide bonds. The molecule has 2 aromatic rings. The summed E-state index contributed by atoms with van der Waals surface area (Å²) in [6.45, 7) is 3.69. The van der Waals surface area contributed by atoms with Crippen molar-refractivity contribution < 1.29 is 23.5 Å². The Hall–Kier alpha value is -2.93. The maximum Gasteiger partial charge on any atom is 0.233 e. The van der Waals surface area contributed by atoms with Crippen LogP contribution in [0.3, 0.4) is 0 Å². The third-order valence-electron chi connectivity index (χ3n) is 8.38. The summed E-state index contributed by atoms with van der Waals surface area (Å²) < 4.78 is 26.7. The van der Waals surface area contributed by atoms with Crippen LogP contribution >= 0.6 is 0 Å². The largest absolute Gasteiger partial charge is 0.493 e. The number of morpholine rings is 1. The van der Waals surface area contributed by atoms with Gasteiger partial charge in [0, 0.05) is 43.6 Å². The molecule has 0 radical (unpaired) electrons. The van der Waals surface area contributed by atoms with E-state index in [4.69, 9.17) is 9.47 Å². The molecule has 0 aromatic heterocycles. The van der Waals surface area contributed by atoms with Gasteiger partial charge in [-0.05, 0) is 43.9 Å². The number of halogens is 1. The van der Waals surface area contributed by atoms with E-state index >= 15 is 4.39 Å². The molecule has 5 rings (SSSR count). The highest BCUT2D eigenvalue weighted by atomic mass is 19.1. The molecule has 37 heavy (non-hydrogen) atoms. The summed E-state index contributed by atoms with van der Waals surface area (Å²) >= 11 is 0. The van der Waals surface area contributed by atoms with Crippen LogP contribution < -0.4 is 4.74 Å². The lowest BCUT2D eigenvalue weighted by atomic mass is 9.73. The van der Waals surface area contributed by atoms with E-state index in [1.165, 1.54) is 6.07 Å². The van der Waals surface area contributed by atoms with Crippen molar-refractivity contribution in [3.05, 3.63) is 66.0 Å². The molecule has 198 valence electrons. The normalized spacial score (nSPS) is 23.6. The fourth-order valence-corrected chi connectivity index (χ4v) is 6.42. The first kappa shape index (κ1) is 25.7. The Morgan fingerprint density at radius 2 is 1.57 bits per heavy atom. The van der Waals surface area contributed by atoms with E-state index in [9.17, 15) is 9.59 Å². The van der Waals surface area contributed by atoms with Crippen LogP contribution in [0.1, 0.15) is 50.5 Å². The lowest BCUT2D eigenvalue weighted by Crippen LogP contribution is -2.55. The Balaban J connectivity index is 1.40. The summed E-state index contributed by atoms with van der Waals surface area (Å²) in [7, 11) is 0. The summed E-state index contributed by atoms with van der Waals surface area (Å²) in [6, 6.07) is 16.3. The molecule has 1 unspecified atom stereocenters. The Bertz CT molecular complexity index is 1080. The first-order valence-corrected chi connectivity index (χ1v) is 13.6. The lowest BCUT2D eigenvalue weighted by molar-refractivity contribution is -0.147. The monoisotopic (exact) mass is 508 g/mol. The summed E-state index contributed by atoms with van der Waals surface area (Å²) in [6.07, 6.45) is 5.03. The van der Waals surface area contributed by atoms with Crippen LogP contribution in [0.2, 0.25) is 0 Å². The van der Waals surface area contributed by atoms with E-state index in [2.05, 4.69) is 0 Å². The van der Waals surface area contributed by atoms with Gasteiger partial charge in [-0.25, -0.2) is 4.39 Å². The Labute approximate surface area is 218 Å². The molecule has 0 bridgehead atoms. The minimum absolute atomic E-state index is 0.00212. The van der Waals surface area contributed by atoms with E-state index < -0.39 is 10.8 Å². The summed E-state index contributed by atoms with van der Waals surface area (Å²) in [5, 5.41) is 0. The van der Waals surface area contributed by atoms with Crippen LogP contribution in [0, 0.1) is 11.2 Å². The van der Waals surface area contributed by atoms with Crippen LogP contribution in [0.25, 0.3) is 0 Å². The molecule has 2 saturated heterocycles. The second-order valence-corrected chi connectivity index (χ2v) is 10.9. The second-order valence-electron chi connectivity index (χ2n) is 10.9. The Morgan fingerprint density at radius 3 is 2.30 bits per heavy atom. The number of carbonyl (C=O) groups is 2. The van der Waals surface area contributed by atoms with Crippen molar-refractivity contribution in [2.75, 3.05) is 46.0 Å². The number of amides is 2. The average molecular weight is 509 g/mol. The van der Waals surface area contributed by atoms with Crippen molar-refractivity contribution in [3.8, 4) is 5.75 Å². The predicted molar refractivity (Wildman–Crippen MR) is 139 cm³/mol. The van der Waals surface area contributed by atoms with Crippen LogP contribution in [-0.4, -0.2) is 67.6 Å². The maximum absolute atomic E-state index is 15.0. The van der Waals surface area contributed by atoms with Gasteiger partial charge in [-0.2, -0.15) is 0 Å². The van der Waals surface area contributed by atoms with Gasteiger partial charge in [0.25, 0.3) is 0 Å². The molecular weight excluding hydrogens is 471 g/mol. The topological polar surface area (TPSA) is 59.1 Å². The number of likely N-dealkylation sites (tertiary alicyclic amines) is 1. The molecular formula is C30H37FN2O4. The highest BCUT2D eigenvalue weighted by molar-refractivity contribution is 5.89. The number of piperidine rings is 1. The molecule has 3 fully saturated rings. The minimum Gasteiger partial charge on any atom is -0.493 e. The number of hydrogen-bond acceptors (Lipinski definition) is 4. The third-order valence-corrected chi connectivity index (χ3v) is 8.38. The first-order valence-electron chi connectivity index (χ1n) is 13.6. The zero-order valence-electron chi connectivity index (χ0n) is 21.5. The van der Waals surface area contributed by atoms with Gasteiger partial charge in [-0.1, -0.05) is 49.2 Å². The number of ether oxygens (including phenoxy) is 2. The van der Waals surface area contributed by atoms with Crippen molar-refractivity contribution in [1.82, 2.24) is 9.80 Å². The molecule has 7 heteroatoms. The van der Waals surface area contributed by atoms with E-state index in [1.807, 2.05) is 46.2 Å². The van der Waals surface area contributed by atoms with Crippen LogP contribution in [0.15, 0.2) is 54.6 Å². The maximum atomic E-state index is 15.0. The summed E-state index contributed by atoms with van der Waals surface area (Å²) in [5.74, 6) is 0.523. The number of nitrogens with zero attached hydrogens (tertiary/aromatic N) is 2. The van der Waals surface area contributed by atoms with Crippen molar-refractivity contribution in [2.45, 2.75) is 50.4 Å². The fourth-order valence-electron chi connectivity index (χ4n) is 6.42. The van der Waals surface area contributed by atoms with Gasteiger partial charge in [-0.3, -0.25) is 9.59 Å². The standard InChI is InChI=1S/C30H37FN2O4/c31-26-12-5-4-11-25(26)30(14-6-7-15-30)28(35)33-16-8-13-29(22-33,23-37-24-9-2-1-3-10-24)21-27(34)32-17-19-36-20-18-32/h1-5,9-12H,6-8,13-23H2. The number of carbonyl (C=O) groups excluding carboxylic acids is 2. The van der Waals surface area contributed by atoms with Crippen molar-refractivity contribution >= 4 is 11.8 Å². The highest BCUT2D eigenvalue weighted by Crippen LogP contribution is 2.45. The fraction of sp³-hybridized carbons (Fsp3) is 0.533. The number of benzene rings is 2. The zero-order valence-corrected chi connectivity index (χ0v) is 21.5. The molecule has 1 saturated carbocycles. The van der Waals surface area contributed by atoms with Gasteiger partial charge in [-0.15, -0.1) is 0 Å². The SMILES string of the molecule is O=C(CC1(COc2ccccc2)CCCN(C(=O)C2(c3ccccc3F)CCCC2)C1)N1CCOCC1. The van der Waals surface area contributed by atoms with Crippen LogP contribution in [0.4, 0.5) is 4.39 Å². The molecule has 1 aliphatic carbocycles. The number of hydrogen-bond donors (Lipinski definition) is 0. The van der Waals surface area contributed by atoms with Crippen molar-refractivity contribution in [3.63, 3.8) is 0 Å². The number of para-hydroxylation sites is 1. The molecule has 3 aliphatic rings. The zero-order chi connectivity index (χ0) is 25.7. The molecule has 2 heterocycles. The Morgan fingerprint density at radius 1 is 0.865 bits per heavy atom. The molecule has 0 spiro atoms. The van der Waals surface area contributed by atoms with Gasteiger partial charge in [0.2, 0.25) is 11.8 Å². The van der Waals surface area contributed by atoms with Crippen molar-refractivity contribution in [2.24, 2.45) is 5.41 Å². The van der Waals surface area contributed by atoms with Gasteiger partial charge in [0.1, 0.15) is 11.6 Å². The van der Waals surface area contributed by atoms with E-state index in [-0.39, 0.29) is 17.6 Å². The first-order chi connectivity index (χ1) is 18.0. The minimum atomic E-state index is -0.830. The average Bonchev–Trinajstić information content (AvgIpc) is 3.44.